The summed E-state index contributed by atoms with van der Waals surface area (Å²) in [6, 6.07) is 0. The number of aliphatic hydroxyl groups is 1. The Morgan fingerprint density at radius 3 is 2.55 bits per heavy atom. The highest BCUT2D eigenvalue weighted by Gasteiger charge is 2.16. The topological polar surface area (TPSA) is 49.8 Å². The Bertz CT molecular complexity index is 132. The van der Waals surface area contributed by atoms with Crippen LogP contribution in [0.4, 0.5) is 4.79 Å². The van der Waals surface area contributed by atoms with Crippen molar-refractivity contribution in [3.8, 4) is 0 Å². The summed E-state index contributed by atoms with van der Waals surface area (Å²) in [5.74, 6) is 0. The van der Waals surface area contributed by atoms with Gasteiger partial charge in [0.1, 0.15) is 0 Å². The molecule has 1 fully saturated rings. The van der Waals surface area contributed by atoms with E-state index in [4.69, 9.17) is 5.11 Å². The van der Waals surface area contributed by atoms with E-state index in [2.05, 4.69) is 4.74 Å². The first-order chi connectivity index (χ1) is 5.34. The molecule has 1 heterocycles. The van der Waals surface area contributed by atoms with Gasteiger partial charge in [0, 0.05) is 13.1 Å². The number of carbonyl (C=O) groups excluding carboxylic acids is 1. The monoisotopic (exact) mass is 159 g/mol. The number of nitrogens with zero attached hydrogens (tertiary/aromatic N) is 1. The third kappa shape index (κ3) is 2.38. The van der Waals surface area contributed by atoms with Crippen molar-refractivity contribution in [2.24, 2.45) is 0 Å². The minimum absolute atomic E-state index is 0.396. The van der Waals surface area contributed by atoms with Gasteiger partial charge in [-0.25, -0.2) is 4.79 Å². The fourth-order valence-electron chi connectivity index (χ4n) is 1.22. The Morgan fingerprint density at radius 1 is 1.36 bits per heavy atom. The molecule has 0 aliphatic carbocycles. The molecule has 64 valence electrons. The van der Waals surface area contributed by atoms with E-state index >= 15 is 0 Å². The number of rotatable bonds is 1. The number of hydrogen-bond acceptors (Lipinski definition) is 3. The number of ether oxygens (including phenoxy) is 1. The van der Waals surface area contributed by atoms with Gasteiger partial charge in [-0.1, -0.05) is 0 Å². The van der Waals surface area contributed by atoms with Gasteiger partial charge < -0.3 is 14.7 Å². The van der Waals surface area contributed by atoms with Crippen molar-refractivity contribution in [2.45, 2.75) is 19.3 Å². The van der Waals surface area contributed by atoms with Crippen LogP contribution >= 0.6 is 0 Å². The second-order valence-electron chi connectivity index (χ2n) is 2.59. The first kappa shape index (κ1) is 8.33. The van der Waals surface area contributed by atoms with E-state index in [1.807, 2.05) is 0 Å². The molecule has 0 radical (unpaired) electrons. The molecule has 1 aliphatic heterocycles. The molecule has 0 spiro atoms. The molecular weight excluding hydrogens is 146 g/mol. The standard InChI is InChI=1S/C7H13NO3/c9-6-11-7(10)8-4-2-1-3-5-8/h9H,1-6H2. The van der Waals surface area contributed by atoms with Gasteiger partial charge >= 0.3 is 6.09 Å². The maximum Gasteiger partial charge on any atom is 0.411 e. The molecule has 1 rings (SSSR count). The molecule has 0 aromatic heterocycles. The van der Waals surface area contributed by atoms with Crippen molar-refractivity contribution >= 4 is 6.09 Å². The molecule has 1 saturated heterocycles. The largest absolute Gasteiger partial charge is 0.422 e. The average Bonchev–Trinajstić information content (AvgIpc) is 2.07. The molecule has 0 saturated carbocycles. The summed E-state index contributed by atoms with van der Waals surface area (Å²) in [6.07, 6.45) is 2.87. The van der Waals surface area contributed by atoms with Crippen molar-refractivity contribution in [1.82, 2.24) is 4.90 Å². The minimum Gasteiger partial charge on any atom is -0.422 e. The van der Waals surface area contributed by atoms with Crippen LogP contribution in [0.25, 0.3) is 0 Å². The van der Waals surface area contributed by atoms with Gasteiger partial charge in [-0.15, -0.1) is 0 Å². The molecule has 0 atom stereocenters. The zero-order valence-electron chi connectivity index (χ0n) is 6.45. The number of likely N-dealkylation sites (tertiary alicyclic amines) is 1. The van der Waals surface area contributed by atoms with Crippen LogP contribution in [0.5, 0.6) is 0 Å². The van der Waals surface area contributed by atoms with E-state index < -0.39 is 12.9 Å². The van der Waals surface area contributed by atoms with Crippen molar-refractivity contribution in [1.29, 1.82) is 0 Å². The van der Waals surface area contributed by atoms with E-state index in [1.54, 1.807) is 4.90 Å². The Kier molecular flexibility index (Phi) is 3.16. The van der Waals surface area contributed by atoms with Crippen LogP contribution in [0, 0.1) is 0 Å². The van der Waals surface area contributed by atoms with Crippen LogP contribution in [-0.4, -0.2) is 36.0 Å². The first-order valence-corrected chi connectivity index (χ1v) is 3.87. The molecule has 1 aliphatic rings. The predicted octanol–water partition coefficient (Wildman–Crippen LogP) is 0.559. The summed E-state index contributed by atoms with van der Waals surface area (Å²) >= 11 is 0. The fraction of sp³-hybridized carbons (Fsp3) is 0.857. The van der Waals surface area contributed by atoms with Crippen LogP contribution < -0.4 is 0 Å². The molecule has 4 heteroatoms. The number of amides is 1. The zero-order valence-corrected chi connectivity index (χ0v) is 6.45. The maximum absolute atomic E-state index is 10.9. The van der Waals surface area contributed by atoms with Crippen molar-refractivity contribution in [3.05, 3.63) is 0 Å². The molecule has 0 aromatic rings. The summed E-state index contributed by atoms with van der Waals surface area (Å²) in [5.41, 5.74) is 0. The molecule has 0 unspecified atom stereocenters. The van der Waals surface area contributed by atoms with E-state index in [0.717, 1.165) is 25.9 Å². The molecular formula is C7H13NO3. The lowest BCUT2D eigenvalue weighted by atomic mass is 10.1. The summed E-state index contributed by atoms with van der Waals surface area (Å²) in [5, 5.41) is 8.30. The summed E-state index contributed by atoms with van der Waals surface area (Å²) in [4.78, 5) is 12.6. The van der Waals surface area contributed by atoms with Gasteiger partial charge in [-0.05, 0) is 19.3 Å². The Balaban J connectivity index is 2.27. The van der Waals surface area contributed by atoms with Crippen LogP contribution in [0.2, 0.25) is 0 Å². The van der Waals surface area contributed by atoms with E-state index in [9.17, 15) is 4.79 Å². The number of aliphatic hydroxyl groups excluding tert-OH is 1. The normalized spacial score (nSPS) is 18.1. The molecule has 1 N–H and O–H groups in total. The van der Waals surface area contributed by atoms with Gasteiger partial charge in [0.05, 0.1) is 0 Å². The van der Waals surface area contributed by atoms with Gasteiger partial charge in [0.25, 0.3) is 0 Å². The molecule has 0 bridgehead atoms. The Labute approximate surface area is 65.8 Å². The van der Waals surface area contributed by atoms with Crippen molar-refractivity contribution in [2.75, 3.05) is 19.9 Å². The van der Waals surface area contributed by atoms with Gasteiger partial charge in [-0.3, -0.25) is 0 Å². The summed E-state index contributed by atoms with van der Waals surface area (Å²) in [7, 11) is 0. The summed E-state index contributed by atoms with van der Waals surface area (Å²) < 4.78 is 4.42. The first-order valence-electron chi connectivity index (χ1n) is 3.87. The molecule has 1 amide bonds. The Hall–Kier alpha value is -0.770. The van der Waals surface area contributed by atoms with Gasteiger partial charge in [0.15, 0.2) is 6.79 Å². The highest BCUT2D eigenvalue weighted by Crippen LogP contribution is 2.09. The maximum atomic E-state index is 10.9. The fourth-order valence-corrected chi connectivity index (χ4v) is 1.22. The predicted molar refractivity (Wildman–Crippen MR) is 39.0 cm³/mol. The third-order valence-corrected chi connectivity index (χ3v) is 1.80. The zero-order chi connectivity index (χ0) is 8.10. The highest BCUT2D eigenvalue weighted by atomic mass is 16.6. The van der Waals surface area contributed by atoms with Crippen LogP contribution in [0.15, 0.2) is 0 Å². The smallest absolute Gasteiger partial charge is 0.411 e. The number of carbonyl (C=O) groups is 1. The van der Waals surface area contributed by atoms with Gasteiger partial charge in [0.2, 0.25) is 0 Å². The lowest BCUT2D eigenvalue weighted by Crippen LogP contribution is -2.36. The van der Waals surface area contributed by atoms with E-state index in [-0.39, 0.29) is 0 Å². The second-order valence-corrected chi connectivity index (χ2v) is 2.59. The average molecular weight is 159 g/mol. The van der Waals surface area contributed by atoms with Crippen molar-refractivity contribution < 1.29 is 14.6 Å². The second kappa shape index (κ2) is 4.18. The SMILES string of the molecule is O=C(OCO)N1CCCCC1. The van der Waals surface area contributed by atoms with E-state index in [0.29, 0.717) is 0 Å². The molecule has 4 nitrogen and oxygen atoms in total. The molecule has 0 aromatic carbocycles. The van der Waals surface area contributed by atoms with Gasteiger partial charge in [-0.2, -0.15) is 0 Å². The number of hydrogen-bond donors (Lipinski definition) is 1. The third-order valence-electron chi connectivity index (χ3n) is 1.80. The lowest BCUT2D eigenvalue weighted by Gasteiger charge is -2.25. The Morgan fingerprint density at radius 2 is 2.00 bits per heavy atom. The van der Waals surface area contributed by atoms with Crippen LogP contribution in [-0.2, 0) is 4.74 Å². The van der Waals surface area contributed by atoms with Crippen LogP contribution in [0.1, 0.15) is 19.3 Å². The molecule has 11 heavy (non-hydrogen) atoms. The number of piperidine rings is 1. The quantitative estimate of drug-likeness (QED) is 0.569. The highest BCUT2D eigenvalue weighted by molar-refractivity contribution is 5.67. The van der Waals surface area contributed by atoms with Crippen molar-refractivity contribution in [3.63, 3.8) is 0 Å². The summed E-state index contributed by atoms with van der Waals surface area (Å²) in [6.45, 7) is 1.01. The van der Waals surface area contributed by atoms with E-state index in [1.165, 1.54) is 6.42 Å². The lowest BCUT2D eigenvalue weighted by molar-refractivity contribution is 0.0193. The minimum atomic E-state index is -0.519. The van der Waals surface area contributed by atoms with Crippen LogP contribution in [0.3, 0.4) is 0 Å².